The molecule has 1 fully saturated rings. The van der Waals surface area contributed by atoms with Gasteiger partial charge in [-0.3, -0.25) is 0 Å². The normalized spacial score (nSPS) is 21.2. The average molecular weight is 249 g/mol. The van der Waals surface area contributed by atoms with Crippen LogP contribution in [0.15, 0.2) is 29.4 Å². The van der Waals surface area contributed by atoms with Gasteiger partial charge in [-0.25, -0.2) is 9.18 Å². The Morgan fingerprint density at radius 1 is 1.44 bits per heavy atom. The van der Waals surface area contributed by atoms with Crippen molar-refractivity contribution >= 4 is 11.7 Å². The van der Waals surface area contributed by atoms with Crippen LogP contribution in [0.5, 0.6) is 0 Å². The molecule has 0 saturated heterocycles. The third kappa shape index (κ3) is 2.94. The van der Waals surface area contributed by atoms with E-state index in [4.69, 9.17) is 4.84 Å². The maximum Gasteiger partial charge on any atom is 0.365 e. The van der Waals surface area contributed by atoms with Crippen molar-refractivity contribution in [1.82, 2.24) is 0 Å². The Labute approximate surface area is 106 Å². The highest BCUT2D eigenvalue weighted by molar-refractivity contribution is 5.92. The number of benzene rings is 1. The molecule has 1 aliphatic carbocycles. The summed E-state index contributed by atoms with van der Waals surface area (Å²) in [6.45, 7) is 2.10. The highest BCUT2D eigenvalue weighted by Crippen LogP contribution is 2.25. The average Bonchev–Trinajstić information content (AvgIpc) is 2.84. The zero-order valence-corrected chi connectivity index (χ0v) is 10.4. The van der Waals surface area contributed by atoms with Crippen LogP contribution in [0.4, 0.5) is 4.39 Å². The molecule has 0 aromatic heterocycles. The van der Waals surface area contributed by atoms with Crippen LogP contribution in [0.3, 0.4) is 0 Å². The molecule has 0 spiro atoms. The zero-order valence-electron chi connectivity index (χ0n) is 10.4. The molecule has 96 valence electrons. The number of oxime groups is 1. The van der Waals surface area contributed by atoms with E-state index in [1.54, 1.807) is 0 Å². The molecule has 1 aromatic rings. The van der Waals surface area contributed by atoms with Crippen LogP contribution >= 0.6 is 0 Å². The monoisotopic (exact) mass is 249 g/mol. The summed E-state index contributed by atoms with van der Waals surface area (Å²) in [4.78, 5) is 16.6. The zero-order chi connectivity index (χ0) is 13.0. The van der Waals surface area contributed by atoms with E-state index in [0.29, 0.717) is 11.5 Å². The van der Waals surface area contributed by atoms with Crippen molar-refractivity contribution in [1.29, 1.82) is 0 Å². The molecule has 3 nitrogen and oxygen atoms in total. The molecule has 1 aromatic carbocycles. The van der Waals surface area contributed by atoms with Gasteiger partial charge in [-0.2, -0.15) is 0 Å². The lowest BCUT2D eigenvalue weighted by atomic mass is 10.0. The fraction of sp³-hybridized carbons (Fsp3) is 0.429. The van der Waals surface area contributed by atoms with Crippen molar-refractivity contribution in [2.45, 2.75) is 32.6 Å². The van der Waals surface area contributed by atoms with Gasteiger partial charge in [0.25, 0.3) is 0 Å². The van der Waals surface area contributed by atoms with Crippen LogP contribution in [0.25, 0.3) is 0 Å². The molecule has 1 atom stereocenters. The van der Waals surface area contributed by atoms with Gasteiger partial charge in [-0.1, -0.05) is 12.1 Å². The summed E-state index contributed by atoms with van der Waals surface area (Å²) >= 11 is 0. The van der Waals surface area contributed by atoms with E-state index in [-0.39, 0.29) is 5.82 Å². The largest absolute Gasteiger partial charge is 0.365 e. The maximum atomic E-state index is 12.7. The number of hydrogen-bond donors (Lipinski definition) is 0. The Morgan fingerprint density at radius 3 is 2.83 bits per heavy atom. The number of nitrogens with zero attached hydrogens (tertiary/aromatic N) is 1. The summed E-state index contributed by atoms with van der Waals surface area (Å²) in [5.74, 6) is -0.477. The Hall–Kier alpha value is -1.71. The molecule has 0 amide bonds. The number of carbonyl (C=O) groups excluding carboxylic acids is 1. The molecule has 1 unspecified atom stereocenters. The van der Waals surface area contributed by atoms with E-state index in [1.165, 1.54) is 24.3 Å². The van der Waals surface area contributed by atoms with Gasteiger partial charge in [0.1, 0.15) is 5.82 Å². The first-order valence-electron chi connectivity index (χ1n) is 6.24. The van der Waals surface area contributed by atoms with Gasteiger partial charge in [-0.15, -0.1) is 0 Å². The number of hydrogen-bond acceptors (Lipinski definition) is 3. The molecule has 0 bridgehead atoms. The Balaban J connectivity index is 1.99. The second kappa shape index (κ2) is 5.76. The van der Waals surface area contributed by atoms with Crippen LogP contribution in [0.1, 0.15) is 43.0 Å². The van der Waals surface area contributed by atoms with Crippen LogP contribution < -0.4 is 0 Å². The molecule has 4 heteroatoms. The fourth-order valence-electron chi connectivity index (χ4n) is 2.20. The highest BCUT2D eigenvalue weighted by Gasteiger charge is 2.21. The first-order chi connectivity index (χ1) is 8.70. The molecular formula is C14H16FNO2. The lowest BCUT2D eigenvalue weighted by Crippen LogP contribution is -2.08. The lowest BCUT2D eigenvalue weighted by Gasteiger charge is -2.06. The minimum Gasteiger partial charge on any atom is -0.313 e. The van der Waals surface area contributed by atoms with Crippen molar-refractivity contribution in [3.8, 4) is 0 Å². The van der Waals surface area contributed by atoms with Gasteiger partial charge in [0, 0.05) is 5.92 Å². The second-order valence-electron chi connectivity index (χ2n) is 4.47. The predicted octanol–water partition coefficient (Wildman–Crippen LogP) is 3.55. The van der Waals surface area contributed by atoms with Crippen molar-refractivity contribution in [3.05, 3.63) is 35.6 Å². The van der Waals surface area contributed by atoms with Gasteiger partial charge < -0.3 is 4.84 Å². The van der Waals surface area contributed by atoms with E-state index in [0.717, 1.165) is 31.4 Å². The topological polar surface area (TPSA) is 38.7 Å². The Bertz CT molecular complexity index is 453. The Morgan fingerprint density at radius 2 is 2.17 bits per heavy atom. The molecule has 0 radical (unpaired) electrons. The molecule has 1 aliphatic rings. The smallest absolute Gasteiger partial charge is 0.313 e. The summed E-state index contributed by atoms with van der Waals surface area (Å²) in [5.41, 5.74) is 1.28. The van der Waals surface area contributed by atoms with Gasteiger partial charge in [-0.05, 0) is 49.9 Å². The molecule has 0 heterocycles. The standard InChI is InChI=1S/C14H16FNO2/c1-2-10-4-3-5-13(10)16-18-14(17)11-6-8-12(15)9-7-11/h6-10H,2-5H2,1H3/b16-13-. The SMILES string of the molecule is CCC1CCC/C1=N/OC(=O)c1ccc(F)cc1. The lowest BCUT2D eigenvalue weighted by molar-refractivity contribution is 0.0513. The van der Waals surface area contributed by atoms with E-state index in [9.17, 15) is 9.18 Å². The minimum atomic E-state index is -0.538. The molecule has 18 heavy (non-hydrogen) atoms. The number of halogens is 1. The second-order valence-corrected chi connectivity index (χ2v) is 4.47. The van der Waals surface area contributed by atoms with Crippen molar-refractivity contribution in [2.75, 3.05) is 0 Å². The summed E-state index contributed by atoms with van der Waals surface area (Å²) in [5, 5.41) is 3.95. The summed E-state index contributed by atoms with van der Waals surface area (Å²) < 4.78 is 12.7. The summed E-state index contributed by atoms with van der Waals surface area (Å²) in [7, 11) is 0. The van der Waals surface area contributed by atoms with Crippen LogP contribution in [-0.2, 0) is 4.84 Å². The maximum absolute atomic E-state index is 12.7. The van der Waals surface area contributed by atoms with Crippen molar-refractivity contribution in [2.24, 2.45) is 11.1 Å². The van der Waals surface area contributed by atoms with Crippen molar-refractivity contribution < 1.29 is 14.0 Å². The minimum absolute atomic E-state index is 0.312. The first-order valence-corrected chi connectivity index (χ1v) is 6.24. The molecule has 0 N–H and O–H groups in total. The predicted molar refractivity (Wildman–Crippen MR) is 66.9 cm³/mol. The third-order valence-corrected chi connectivity index (χ3v) is 3.28. The van der Waals surface area contributed by atoms with E-state index in [2.05, 4.69) is 12.1 Å². The van der Waals surface area contributed by atoms with Gasteiger partial charge in [0.2, 0.25) is 0 Å². The fourth-order valence-corrected chi connectivity index (χ4v) is 2.20. The number of carbonyl (C=O) groups is 1. The summed E-state index contributed by atoms with van der Waals surface area (Å²) in [6.07, 6.45) is 4.14. The third-order valence-electron chi connectivity index (χ3n) is 3.28. The van der Waals surface area contributed by atoms with E-state index < -0.39 is 5.97 Å². The highest BCUT2D eigenvalue weighted by atomic mass is 19.1. The van der Waals surface area contributed by atoms with Gasteiger partial charge >= 0.3 is 5.97 Å². The Kier molecular flexibility index (Phi) is 4.07. The van der Waals surface area contributed by atoms with Gasteiger partial charge in [0.15, 0.2) is 0 Å². The molecule has 0 aliphatic heterocycles. The van der Waals surface area contributed by atoms with Crippen LogP contribution in [0, 0.1) is 11.7 Å². The van der Waals surface area contributed by atoms with Crippen molar-refractivity contribution in [3.63, 3.8) is 0 Å². The molecular weight excluding hydrogens is 233 g/mol. The number of rotatable bonds is 3. The van der Waals surface area contributed by atoms with E-state index in [1.807, 2.05) is 0 Å². The van der Waals surface area contributed by atoms with E-state index >= 15 is 0 Å². The first kappa shape index (κ1) is 12.7. The molecule has 2 rings (SSSR count). The van der Waals surface area contributed by atoms with Crippen LogP contribution in [0.2, 0.25) is 0 Å². The molecule has 1 saturated carbocycles. The quantitative estimate of drug-likeness (QED) is 0.607. The van der Waals surface area contributed by atoms with Gasteiger partial charge in [0.05, 0.1) is 11.3 Å². The van der Waals surface area contributed by atoms with Crippen LogP contribution in [-0.4, -0.2) is 11.7 Å². The summed E-state index contributed by atoms with van der Waals surface area (Å²) in [6, 6.07) is 5.25.